The first-order valence-corrected chi connectivity index (χ1v) is 21.5. The van der Waals surface area contributed by atoms with Gasteiger partial charge in [0.1, 0.15) is 12.6 Å². The molecule has 0 aliphatic heterocycles. The Bertz CT molecular complexity index is 1890. The first kappa shape index (κ1) is 33.2. The zero-order valence-corrected chi connectivity index (χ0v) is 29.3. The molecule has 11 heteroatoms. The maximum absolute atomic E-state index is 12.7. The Kier molecular flexibility index (Phi) is 10.3. The molecule has 9 nitrogen and oxygen atoms in total. The highest BCUT2D eigenvalue weighted by atomic mass is 32.2. The molecule has 6 rings (SSSR count). The number of para-hydroxylation sites is 2. The minimum Gasteiger partial charge on any atom is -0.361 e. The fourth-order valence-electron chi connectivity index (χ4n) is 6.08. The normalized spacial score (nSPS) is 15.3. The topological polar surface area (TPSA) is 102 Å². The lowest BCUT2D eigenvalue weighted by molar-refractivity contribution is 0.0824. The maximum atomic E-state index is 12.7. The summed E-state index contributed by atoms with van der Waals surface area (Å²) in [5.41, 5.74) is 6.52. The molecule has 0 amide bonds. The lowest BCUT2D eigenvalue weighted by atomic mass is 9.90. The number of pyridine rings is 2. The maximum Gasteiger partial charge on any atom is 0.258 e. The van der Waals surface area contributed by atoms with Crippen molar-refractivity contribution in [1.29, 1.82) is 0 Å². The van der Waals surface area contributed by atoms with Crippen molar-refractivity contribution in [3.05, 3.63) is 119 Å². The number of sulfonamides is 1. The molecule has 1 N–H and O–H groups in total. The molecule has 1 aliphatic rings. The summed E-state index contributed by atoms with van der Waals surface area (Å²) in [5.74, 6) is 0.975. The third kappa shape index (κ3) is 8.41. The van der Waals surface area contributed by atoms with Gasteiger partial charge in [-0.2, -0.15) is 0 Å². The van der Waals surface area contributed by atoms with E-state index in [0.29, 0.717) is 19.8 Å². The average Bonchev–Trinajstić information content (AvgIpc) is 3.42. The van der Waals surface area contributed by atoms with Crippen LogP contribution >= 0.6 is 0 Å². The first-order chi connectivity index (χ1) is 22.7. The van der Waals surface area contributed by atoms with Crippen LogP contribution in [0.3, 0.4) is 0 Å². The first-order valence-electron chi connectivity index (χ1n) is 16.3. The monoisotopic (exact) mass is 668 g/mol. The smallest absolute Gasteiger partial charge is 0.258 e. The SMILES string of the molecule is C[Si](C)(C)CCOCn1c(CN(Cc2ccc(CNS(=O)(=O)c3ccccn3)cc2)C2CCCc3cccnc32)nc2ccccc21. The predicted molar refractivity (Wildman–Crippen MR) is 188 cm³/mol. The molecule has 0 radical (unpaired) electrons. The third-order valence-electron chi connectivity index (χ3n) is 8.69. The number of imidazole rings is 1. The summed E-state index contributed by atoms with van der Waals surface area (Å²) in [4.78, 5) is 16.5. The van der Waals surface area contributed by atoms with E-state index in [1.807, 2.05) is 30.5 Å². The van der Waals surface area contributed by atoms with E-state index in [1.165, 1.54) is 17.8 Å². The van der Waals surface area contributed by atoms with Gasteiger partial charge in [-0.15, -0.1) is 0 Å². The van der Waals surface area contributed by atoms with E-state index >= 15 is 0 Å². The molecule has 1 atom stereocenters. The van der Waals surface area contributed by atoms with Crippen molar-refractivity contribution < 1.29 is 13.2 Å². The van der Waals surface area contributed by atoms with Crippen LogP contribution in [0.15, 0.2) is 96.3 Å². The van der Waals surface area contributed by atoms with Crippen molar-refractivity contribution in [1.82, 2.24) is 29.1 Å². The molecular formula is C36H44N6O3SSi. The second-order valence-electron chi connectivity index (χ2n) is 13.5. The number of ether oxygens (including phenoxy) is 1. The van der Waals surface area contributed by atoms with Crippen LogP contribution in [0.4, 0.5) is 0 Å². The number of aromatic nitrogens is 4. The lowest BCUT2D eigenvalue weighted by Gasteiger charge is -2.35. The van der Waals surface area contributed by atoms with Crippen LogP contribution in [0.25, 0.3) is 11.0 Å². The summed E-state index contributed by atoms with van der Waals surface area (Å²) in [7, 11) is -4.90. The van der Waals surface area contributed by atoms with Crippen molar-refractivity contribution in [2.75, 3.05) is 6.61 Å². The van der Waals surface area contributed by atoms with E-state index in [1.54, 1.807) is 12.1 Å². The Morgan fingerprint density at radius 2 is 1.68 bits per heavy atom. The summed E-state index contributed by atoms with van der Waals surface area (Å²) in [6, 6.07) is 26.8. The molecule has 47 heavy (non-hydrogen) atoms. The highest BCUT2D eigenvalue weighted by Crippen LogP contribution is 2.35. The van der Waals surface area contributed by atoms with E-state index in [4.69, 9.17) is 14.7 Å². The molecule has 3 aromatic heterocycles. The number of fused-ring (bicyclic) bond motifs is 2. The minimum atomic E-state index is -3.69. The van der Waals surface area contributed by atoms with E-state index in [2.05, 4.69) is 75.2 Å². The molecule has 3 heterocycles. The largest absolute Gasteiger partial charge is 0.361 e. The number of aryl methyl sites for hydroxylation is 1. The van der Waals surface area contributed by atoms with Crippen LogP contribution in [0.5, 0.6) is 0 Å². The average molecular weight is 669 g/mol. The standard InChI is InChI=1S/C36H44N6O3SSi/c1-47(2,3)23-22-45-27-42-32-13-5-4-12-31(32)40-34(42)26-41(33-14-8-10-30-11-9-21-38-36(30)33)25-29-18-16-28(17-19-29)24-39-46(43,44)35-15-6-7-20-37-35/h4-7,9,11-13,15-21,33,39H,8,10,14,22-27H2,1-3H3. The Labute approximate surface area is 279 Å². The molecule has 0 fully saturated rings. The van der Waals surface area contributed by atoms with Crippen molar-refractivity contribution in [2.24, 2.45) is 0 Å². The molecule has 0 saturated heterocycles. The van der Waals surface area contributed by atoms with Gasteiger partial charge >= 0.3 is 0 Å². The van der Waals surface area contributed by atoms with Gasteiger partial charge in [0.25, 0.3) is 10.0 Å². The summed E-state index contributed by atoms with van der Waals surface area (Å²) in [5, 5.41) is 0.0149. The van der Waals surface area contributed by atoms with Gasteiger partial charge in [-0.1, -0.05) is 68.2 Å². The number of hydrogen-bond acceptors (Lipinski definition) is 7. The number of nitrogens with one attached hydrogen (secondary N) is 1. The molecular weight excluding hydrogens is 625 g/mol. The molecule has 0 saturated carbocycles. The Morgan fingerprint density at radius 1 is 0.915 bits per heavy atom. The van der Waals surface area contributed by atoms with Crippen molar-refractivity contribution in [3.63, 3.8) is 0 Å². The van der Waals surface area contributed by atoms with Crippen molar-refractivity contribution in [3.8, 4) is 0 Å². The predicted octanol–water partition coefficient (Wildman–Crippen LogP) is 6.70. The molecule has 1 aliphatic carbocycles. The molecule has 2 aromatic carbocycles. The lowest BCUT2D eigenvalue weighted by Crippen LogP contribution is -2.32. The van der Waals surface area contributed by atoms with Crippen molar-refractivity contribution >= 4 is 29.1 Å². The fraction of sp³-hybridized carbons (Fsp3) is 0.361. The van der Waals surface area contributed by atoms with Crippen LogP contribution in [-0.2, 0) is 47.5 Å². The van der Waals surface area contributed by atoms with Gasteiger partial charge in [0.15, 0.2) is 5.03 Å². The number of hydrogen-bond donors (Lipinski definition) is 1. The zero-order valence-electron chi connectivity index (χ0n) is 27.5. The van der Waals surface area contributed by atoms with Crippen molar-refractivity contribution in [2.45, 2.75) is 82.4 Å². The van der Waals surface area contributed by atoms with Crippen LogP contribution in [0.1, 0.15) is 47.1 Å². The molecule has 246 valence electrons. The Balaban J connectivity index is 1.24. The van der Waals surface area contributed by atoms with E-state index in [-0.39, 0.29) is 17.6 Å². The van der Waals surface area contributed by atoms with Gasteiger partial charge in [0.05, 0.1) is 29.3 Å². The summed E-state index contributed by atoms with van der Waals surface area (Å²) < 4.78 is 36.5. The highest BCUT2D eigenvalue weighted by molar-refractivity contribution is 7.89. The number of nitrogens with zero attached hydrogens (tertiary/aromatic N) is 5. The van der Waals surface area contributed by atoms with E-state index < -0.39 is 18.1 Å². The van der Waals surface area contributed by atoms with Crippen LogP contribution in [-0.4, -0.2) is 47.5 Å². The van der Waals surface area contributed by atoms with Gasteiger partial charge in [-0.3, -0.25) is 9.88 Å². The molecule has 5 aromatic rings. The van der Waals surface area contributed by atoms with Gasteiger partial charge in [0, 0.05) is 40.2 Å². The second-order valence-corrected chi connectivity index (χ2v) is 20.8. The van der Waals surface area contributed by atoms with E-state index in [9.17, 15) is 8.42 Å². The third-order valence-corrected chi connectivity index (χ3v) is 11.7. The minimum absolute atomic E-state index is 0.0149. The van der Waals surface area contributed by atoms with Gasteiger partial charge in [-0.05, 0) is 72.3 Å². The number of benzene rings is 2. The number of rotatable bonds is 14. The highest BCUT2D eigenvalue weighted by Gasteiger charge is 2.29. The van der Waals surface area contributed by atoms with Crippen LogP contribution < -0.4 is 4.72 Å². The van der Waals surface area contributed by atoms with Crippen LogP contribution in [0, 0.1) is 0 Å². The Hall–Kier alpha value is -3.74. The molecule has 0 spiro atoms. The van der Waals surface area contributed by atoms with Gasteiger partial charge in [0.2, 0.25) is 0 Å². The second kappa shape index (κ2) is 14.6. The molecule has 0 bridgehead atoms. The van der Waals surface area contributed by atoms with Gasteiger partial charge < -0.3 is 9.30 Å². The summed E-state index contributed by atoms with van der Waals surface area (Å²) in [6.07, 6.45) is 6.54. The fourth-order valence-corrected chi connectivity index (χ4v) is 7.80. The summed E-state index contributed by atoms with van der Waals surface area (Å²) in [6.45, 7) is 9.84. The van der Waals surface area contributed by atoms with Crippen LogP contribution in [0.2, 0.25) is 25.7 Å². The zero-order chi connectivity index (χ0) is 32.9. The quantitative estimate of drug-likeness (QED) is 0.104. The van der Waals surface area contributed by atoms with Gasteiger partial charge in [-0.25, -0.2) is 23.1 Å². The summed E-state index contributed by atoms with van der Waals surface area (Å²) >= 11 is 0. The molecule has 1 unspecified atom stereocenters. The Morgan fingerprint density at radius 3 is 2.47 bits per heavy atom. The van der Waals surface area contributed by atoms with E-state index in [0.717, 1.165) is 65.6 Å².